The zero-order valence-corrected chi connectivity index (χ0v) is 13.0. The Bertz CT molecular complexity index is 578. The zero-order chi connectivity index (χ0) is 15.8. The minimum atomic E-state index is -0.750. The van der Waals surface area contributed by atoms with Gasteiger partial charge in [0.1, 0.15) is 0 Å². The van der Waals surface area contributed by atoms with Crippen LogP contribution in [0.2, 0.25) is 0 Å². The number of benzene rings is 2. The van der Waals surface area contributed by atoms with Gasteiger partial charge in [-0.05, 0) is 37.5 Å². The number of aliphatic carboxylic acids is 1. The Labute approximate surface area is 132 Å². The van der Waals surface area contributed by atoms with Crippen LogP contribution in [0.1, 0.15) is 24.0 Å². The molecule has 0 aliphatic carbocycles. The van der Waals surface area contributed by atoms with E-state index in [9.17, 15) is 4.79 Å². The van der Waals surface area contributed by atoms with E-state index >= 15 is 0 Å². The molecular formula is C19H23NO2. The second kappa shape index (κ2) is 8.23. The highest BCUT2D eigenvalue weighted by atomic mass is 16.4. The minimum Gasteiger partial charge on any atom is -0.481 e. The summed E-state index contributed by atoms with van der Waals surface area (Å²) in [6, 6.07) is 18.7. The molecule has 3 heteroatoms. The lowest BCUT2D eigenvalue weighted by atomic mass is 10.1. The first-order valence-electron chi connectivity index (χ1n) is 7.72. The topological polar surface area (TPSA) is 40.5 Å². The van der Waals surface area contributed by atoms with Gasteiger partial charge < -0.3 is 10.0 Å². The van der Waals surface area contributed by atoms with E-state index in [0.717, 1.165) is 25.1 Å². The van der Waals surface area contributed by atoms with E-state index in [2.05, 4.69) is 60.4 Å². The van der Waals surface area contributed by atoms with Gasteiger partial charge in [-0.15, -0.1) is 0 Å². The first-order valence-corrected chi connectivity index (χ1v) is 7.72. The number of nitrogens with zero attached hydrogens (tertiary/aromatic N) is 1. The molecular weight excluding hydrogens is 274 g/mol. The van der Waals surface area contributed by atoms with E-state index in [4.69, 9.17) is 5.11 Å². The Morgan fingerprint density at radius 3 is 2.32 bits per heavy atom. The molecule has 0 atom stereocenters. The number of carbonyl (C=O) groups is 1. The summed E-state index contributed by atoms with van der Waals surface area (Å²) in [7, 11) is 0. The molecule has 0 unspecified atom stereocenters. The van der Waals surface area contributed by atoms with Crippen molar-refractivity contribution in [1.82, 2.24) is 0 Å². The average Bonchev–Trinajstić information content (AvgIpc) is 2.52. The molecule has 22 heavy (non-hydrogen) atoms. The van der Waals surface area contributed by atoms with Crippen LogP contribution in [0.25, 0.3) is 0 Å². The van der Waals surface area contributed by atoms with Crippen LogP contribution in [0.3, 0.4) is 0 Å². The normalized spacial score (nSPS) is 10.4. The molecule has 0 aliphatic heterocycles. The maximum Gasteiger partial charge on any atom is 0.305 e. The Morgan fingerprint density at radius 2 is 1.68 bits per heavy atom. The molecule has 116 valence electrons. The molecule has 0 aromatic heterocycles. The van der Waals surface area contributed by atoms with Crippen molar-refractivity contribution in [2.24, 2.45) is 0 Å². The summed E-state index contributed by atoms with van der Waals surface area (Å²) in [6.07, 6.45) is 2.19. The molecule has 2 aromatic carbocycles. The summed E-state index contributed by atoms with van der Waals surface area (Å²) in [4.78, 5) is 13.0. The fraction of sp³-hybridized carbons (Fsp3) is 0.316. The van der Waals surface area contributed by atoms with Crippen LogP contribution in [0.5, 0.6) is 0 Å². The lowest BCUT2D eigenvalue weighted by molar-refractivity contribution is -0.136. The third-order valence-electron chi connectivity index (χ3n) is 3.73. The standard InChI is InChI=1S/C19H23NO2/c1-16-9-11-18(12-10-16)20(15-13-19(21)22)14-5-8-17-6-3-2-4-7-17/h2-4,6-7,9-12H,5,8,13-15H2,1H3,(H,21,22). The van der Waals surface area contributed by atoms with Crippen LogP contribution in [-0.2, 0) is 11.2 Å². The molecule has 2 aromatic rings. The lowest BCUT2D eigenvalue weighted by Gasteiger charge is -2.24. The van der Waals surface area contributed by atoms with Crippen molar-refractivity contribution >= 4 is 11.7 Å². The van der Waals surface area contributed by atoms with Gasteiger partial charge in [0.25, 0.3) is 0 Å². The smallest absolute Gasteiger partial charge is 0.305 e. The van der Waals surface area contributed by atoms with Crippen molar-refractivity contribution in [1.29, 1.82) is 0 Å². The summed E-state index contributed by atoms with van der Waals surface area (Å²) < 4.78 is 0. The van der Waals surface area contributed by atoms with E-state index in [0.29, 0.717) is 6.54 Å². The quantitative estimate of drug-likeness (QED) is 0.803. The zero-order valence-electron chi connectivity index (χ0n) is 13.0. The van der Waals surface area contributed by atoms with Gasteiger partial charge in [0.05, 0.1) is 6.42 Å². The predicted octanol–water partition coefficient (Wildman–Crippen LogP) is 3.91. The van der Waals surface area contributed by atoms with Crippen molar-refractivity contribution in [3.8, 4) is 0 Å². The van der Waals surface area contributed by atoms with Crippen LogP contribution in [0.4, 0.5) is 5.69 Å². The Kier molecular flexibility index (Phi) is 6.01. The third-order valence-corrected chi connectivity index (χ3v) is 3.73. The lowest BCUT2D eigenvalue weighted by Crippen LogP contribution is -2.27. The van der Waals surface area contributed by atoms with Crippen molar-refractivity contribution in [3.05, 3.63) is 65.7 Å². The fourth-order valence-corrected chi connectivity index (χ4v) is 2.47. The predicted molar refractivity (Wildman–Crippen MR) is 90.4 cm³/mol. The number of carboxylic acid groups (broad SMARTS) is 1. The highest BCUT2D eigenvalue weighted by Gasteiger charge is 2.08. The number of rotatable bonds is 8. The summed E-state index contributed by atoms with van der Waals surface area (Å²) in [5.74, 6) is -0.750. The fourth-order valence-electron chi connectivity index (χ4n) is 2.47. The number of aryl methyl sites for hydroxylation is 2. The molecule has 0 saturated heterocycles. The Morgan fingerprint density at radius 1 is 1.00 bits per heavy atom. The monoisotopic (exact) mass is 297 g/mol. The summed E-state index contributed by atoms with van der Waals surface area (Å²) in [5, 5.41) is 8.93. The SMILES string of the molecule is Cc1ccc(N(CCCc2ccccc2)CCC(=O)O)cc1. The molecule has 1 N–H and O–H groups in total. The van der Waals surface area contributed by atoms with Crippen molar-refractivity contribution in [3.63, 3.8) is 0 Å². The van der Waals surface area contributed by atoms with Crippen molar-refractivity contribution < 1.29 is 9.90 Å². The van der Waals surface area contributed by atoms with Crippen LogP contribution < -0.4 is 4.90 Å². The molecule has 0 spiro atoms. The van der Waals surface area contributed by atoms with E-state index in [1.807, 2.05) is 6.07 Å². The van der Waals surface area contributed by atoms with Crippen LogP contribution in [-0.4, -0.2) is 24.2 Å². The second-order valence-corrected chi connectivity index (χ2v) is 5.56. The van der Waals surface area contributed by atoms with Gasteiger partial charge in [-0.2, -0.15) is 0 Å². The summed E-state index contributed by atoms with van der Waals surface area (Å²) >= 11 is 0. The molecule has 0 amide bonds. The average molecular weight is 297 g/mol. The molecule has 0 heterocycles. The van der Waals surface area contributed by atoms with Crippen molar-refractivity contribution in [2.45, 2.75) is 26.2 Å². The summed E-state index contributed by atoms with van der Waals surface area (Å²) in [5.41, 5.74) is 3.63. The van der Waals surface area contributed by atoms with E-state index in [1.54, 1.807) is 0 Å². The van der Waals surface area contributed by atoms with Gasteiger partial charge in [0.2, 0.25) is 0 Å². The molecule has 0 saturated carbocycles. The molecule has 3 nitrogen and oxygen atoms in total. The maximum atomic E-state index is 10.9. The van der Waals surface area contributed by atoms with Gasteiger partial charge in [-0.1, -0.05) is 48.0 Å². The largest absolute Gasteiger partial charge is 0.481 e. The molecule has 0 aliphatic rings. The number of hydrogen-bond donors (Lipinski definition) is 1. The van der Waals surface area contributed by atoms with Gasteiger partial charge in [-0.25, -0.2) is 0 Å². The van der Waals surface area contributed by atoms with E-state index in [1.165, 1.54) is 11.1 Å². The highest BCUT2D eigenvalue weighted by Crippen LogP contribution is 2.16. The molecule has 0 radical (unpaired) electrons. The van der Waals surface area contributed by atoms with Crippen molar-refractivity contribution in [2.75, 3.05) is 18.0 Å². The molecule has 0 bridgehead atoms. The van der Waals surface area contributed by atoms with Crippen LogP contribution >= 0.6 is 0 Å². The Balaban J connectivity index is 1.95. The minimum absolute atomic E-state index is 0.166. The third kappa shape index (κ3) is 5.24. The number of carboxylic acids is 1. The highest BCUT2D eigenvalue weighted by molar-refractivity contribution is 5.67. The van der Waals surface area contributed by atoms with E-state index in [-0.39, 0.29) is 6.42 Å². The first-order chi connectivity index (χ1) is 10.6. The maximum absolute atomic E-state index is 10.9. The second-order valence-electron chi connectivity index (χ2n) is 5.56. The first kappa shape index (κ1) is 16.1. The van der Waals surface area contributed by atoms with Gasteiger partial charge in [0.15, 0.2) is 0 Å². The van der Waals surface area contributed by atoms with Gasteiger partial charge in [-0.3, -0.25) is 4.79 Å². The molecule has 2 rings (SSSR count). The molecule has 0 fully saturated rings. The van der Waals surface area contributed by atoms with Crippen LogP contribution in [0, 0.1) is 6.92 Å². The van der Waals surface area contributed by atoms with E-state index < -0.39 is 5.97 Å². The number of anilines is 1. The number of hydrogen-bond acceptors (Lipinski definition) is 2. The van der Waals surface area contributed by atoms with Gasteiger partial charge >= 0.3 is 5.97 Å². The summed E-state index contributed by atoms with van der Waals surface area (Å²) in [6.45, 7) is 3.47. The van der Waals surface area contributed by atoms with Gasteiger partial charge in [0, 0.05) is 18.8 Å². The Hall–Kier alpha value is -2.29. The van der Waals surface area contributed by atoms with Crippen LogP contribution in [0.15, 0.2) is 54.6 Å².